The highest BCUT2D eigenvalue weighted by atomic mass is 16.5. The van der Waals surface area contributed by atoms with Crippen LogP contribution in [0.1, 0.15) is 36.8 Å². The van der Waals surface area contributed by atoms with Gasteiger partial charge >= 0.3 is 0 Å². The molecule has 1 saturated carbocycles. The third kappa shape index (κ3) is 2.32. The van der Waals surface area contributed by atoms with Crippen molar-refractivity contribution in [2.45, 2.75) is 39.8 Å². The van der Waals surface area contributed by atoms with Crippen LogP contribution in [-0.4, -0.2) is 39.9 Å². The molecular weight excluding hydrogens is 292 g/mol. The Labute approximate surface area is 136 Å². The van der Waals surface area contributed by atoms with E-state index in [0.717, 1.165) is 16.7 Å². The second-order valence-corrected chi connectivity index (χ2v) is 7.09. The number of hydrogen-bond donors (Lipinski definition) is 1. The minimum Gasteiger partial charge on any atom is -0.380 e. The van der Waals surface area contributed by atoms with Gasteiger partial charge in [-0.15, -0.1) is 0 Å². The highest BCUT2D eigenvalue weighted by Crippen LogP contribution is 2.46. The van der Waals surface area contributed by atoms with Gasteiger partial charge in [-0.2, -0.15) is 5.10 Å². The lowest BCUT2D eigenvalue weighted by Crippen LogP contribution is -2.67. The van der Waals surface area contributed by atoms with E-state index < -0.39 is 0 Å². The first kappa shape index (κ1) is 15.9. The maximum absolute atomic E-state index is 12.6. The number of nitrogens with zero attached hydrogens (tertiary/aromatic N) is 3. The number of ether oxygens (including phenoxy) is 1. The smallest absolute Gasteiger partial charge is 0.253 e. The highest BCUT2D eigenvalue weighted by molar-refractivity contribution is 5.97. The first-order valence-corrected chi connectivity index (χ1v) is 7.90. The SMILES string of the molecule is CO[C@@H]1[C@H](C)[C@H](NC(=O)c2cnc3c(c2)c(C)nn3C)C1(C)C. The molecule has 124 valence electrons. The number of amides is 1. The van der Waals surface area contributed by atoms with Crippen molar-refractivity contribution in [1.29, 1.82) is 0 Å². The highest BCUT2D eigenvalue weighted by Gasteiger charge is 2.55. The fourth-order valence-electron chi connectivity index (χ4n) is 4.08. The van der Waals surface area contributed by atoms with Crippen LogP contribution in [0.3, 0.4) is 0 Å². The normalized spacial score (nSPS) is 26.1. The van der Waals surface area contributed by atoms with Gasteiger partial charge in [-0.1, -0.05) is 20.8 Å². The molecule has 1 aliphatic carbocycles. The summed E-state index contributed by atoms with van der Waals surface area (Å²) in [5.41, 5.74) is 2.15. The van der Waals surface area contributed by atoms with Gasteiger partial charge in [-0.3, -0.25) is 9.48 Å². The van der Waals surface area contributed by atoms with Gasteiger partial charge in [0.2, 0.25) is 0 Å². The second-order valence-electron chi connectivity index (χ2n) is 7.09. The fraction of sp³-hybridized carbons (Fsp3) is 0.588. The van der Waals surface area contributed by atoms with E-state index >= 15 is 0 Å². The molecule has 2 heterocycles. The molecule has 6 nitrogen and oxygen atoms in total. The maximum Gasteiger partial charge on any atom is 0.253 e. The summed E-state index contributed by atoms with van der Waals surface area (Å²) in [4.78, 5) is 17.0. The number of aryl methyl sites for hydroxylation is 2. The van der Waals surface area contributed by atoms with Crippen molar-refractivity contribution in [3.63, 3.8) is 0 Å². The molecule has 0 radical (unpaired) electrons. The Morgan fingerprint density at radius 2 is 2.13 bits per heavy atom. The lowest BCUT2D eigenvalue weighted by Gasteiger charge is -2.56. The van der Waals surface area contributed by atoms with Crippen LogP contribution in [0.2, 0.25) is 0 Å². The van der Waals surface area contributed by atoms with Gasteiger partial charge in [-0.05, 0) is 13.0 Å². The van der Waals surface area contributed by atoms with Crippen molar-refractivity contribution in [2.24, 2.45) is 18.4 Å². The quantitative estimate of drug-likeness (QED) is 0.941. The molecular formula is C17H24N4O2. The molecule has 0 bridgehead atoms. The van der Waals surface area contributed by atoms with E-state index in [-0.39, 0.29) is 29.4 Å². The molecule has 0 aromatic carbocycles. The third-order valence-electron chi connectivity index (χ3n) is 5.20. The van der Waals surface area contributed by atoms with Crippen LogP contribution in [0, 0.1) is 18.3 Å². The minimum atomic E-state index is -0.0952. The minimum absolute atomic E-state index is 0.0778. The van der Waals surface area contributed by atoms with E-state index in [1.54, 1.807) is 18.0 Å². The van der Waals surface area contributed by atoms with E-state index in [2.05, 4.69) is 36.2 Å². The Bertz CT molecular complexity index is 765. The van der Waals surface area contributed by atoms with Crippen molar-refractivity contribution < 1.29 is 9.53 Å². The van der Waals surface area contributed by atoms with Crippen LogP contribution in [0.5, 0.6) is 0 Å². The molecule has 0 spiro atoms. The van der Waals surface area contributed by atoms with Crippen LogP contribution < -0.4 is 5.32 Å². The number of nitrogens with one attached hydrogen (secondary N) is 1. The largest absolute Gasteiger partial charge is 0.380 e. The standard InChI is InChI=1S/C17H24N4O2/c1-9-13(17(3,4)14(9)23-6)19-16(22)11-7-12-10(2)20-21(5)15(12)18-8-11/h7-9,13-14H,1-6H3,(H,19,22)/t9-,13+,14-/m1/s1. The molecule has 23 heavy (non-hydrogen) atoms. The van der Waals surface area contributed by atoms with Crippen molar-refractivity contribution in [1.82, 2.24) is 20.1 Å². The third-order valence-corrected chi connectivity index (χ3v) is 5.20. The Kier molecular flexibility index (Phi) is 3.67. The average Bonchev–Trinajstić information content (AvgIpc) is 2.79. The van der Waals surface area contributed by atoms with E-state index in [1.165, 1.54) is 0 Å². The maximum atomic E-state index is 12.6. The Balaban J connectivity index is 1.83. The zero-order valence-corrected chi connectivity index (χ0v) is 14.5. The number of fused-ring (bicyclic) bond motifs is 1. The molecule has 1 aliphatic rings. The Morgan fingerprint density at radius 3 is 2.74 bits per heavy atom. The summed E-state index contributed by atoms with van der Waals surface area (Å²) in [5, 5.41) is 8.40. The van der Waals surface area contributed by atoms with Gasteiger partial charge in [0.25, 0.3) is 5.91 Å². The van der Waals surface area contributed by atoms with Crippen molar-refractivity contribution >= 4 is 16.9 Å². The number of rotatable bonds is 3. The van der Waals surface area contributed by atoms with Crippen LogP contribution in [0.15, 0.2) is 12.3 Å². The number of aromatic nitrogens is 3. The van der Waals surface area contributed by atoms with Gasteiger partial charge in [0.1, 0.15) is 0 Å². The van der Waals surface area contributed by atoms with Crippen molar-refractivity contribution in [3.05, 3.63) is 23.5 Å². The van der Waals surface area contributed by atoms with Gasteiger partial charge in [0.15, 0.2) is 5.65 Å². The molecule has 3 atom stereocenters. The molecule has 1 amide bonds. The fourth-order valence-corrected chi connectivity index (χ4v) is 4.08. The lowest BCUT2D eigenvalue weighted by atomic mass is 9.58. The first-order valence-electron chi connectivity index (χ1n) is 7.90. The molecule has 0 unspecified atom stereocenters. The summed E-state index contributed by atoms with van der Waals surface area (Å²) in [7, 11) is 3.58. The van der Waals surface area contributed by atoms with E-state index in [0.29, 0.717) is 5.56 Å². The predicted molar refractivity (Wildman–Crippen MR) is 88.2 cm³/mol. The van der Waals surface area contributed by atoms with E-state index in [9.17, 15) is 4.79 Å². The molecule has 1 N–H and O–H groups in total. The molecule has 2 aromatic heterocycles. The molecule has 1 fully saturated rings. The molecule has 0 aliphatic heterocycles. The number of carbonyl (C=O) groups is 1. The van der Waals surface area contributed by atoms with Crippen LogP contribution in [-0.2, 0) is 11.8 Å². The first-order chi connectivity index (χ1) is 10.8. The second kappa shape index (κ2) is 5.30. The zero-order chi connectivity index (χ0) is 16.9. The lowest BCUT2D eigenvalue weighted by molar-refractivity contribution is -0.141. The zero-order valence-electron chi connectivity index (χ0n) is 14.5. The summed E-state index contributed by atoms with van der Waals surface area (Å²) in [6.45, 7) is 8.28. The van der Waals surface area contributed by atoms with Crippen molar-refractivity contribution in [3.8, 4) is 0 Å². The summed E-state index contributed by atoms with van der Waals surface area (Å²) >= 11 is 0. The number of pyridine rings is 1. The number of carbonyl (C=O) groups excluding carboxylic acids is 1. The number of hydrogen-bond acceptors (Lipinski definition) is 4. The summed E-state index contributed by atoms with van der Waals surface area (Å²) < 4.78 is 7.26. The van der Waals surface area contributed by atoms with Crippen LogP contribution >= 0.6 is 0 Å². The molecule has 6 heteroatoms. The Hall–Kier alpha value is -1.95. The van der Waals surface area contributed by atoms with Crippen LogP contribution in [0.25, 0.3) is 11.0 Å². The molecule has 0 saturated heterocycles. The number of methoxy groups -OCH3 is 1. The van der Waals surface area contributed by atoms with E-state index in [1.807, 2.05) is 20.0 Å². The van der Waals surface area contributed by atoms with Gasteiger partial charge in [0, 0.05) is 43.1 Å². The van der Waals surface area contributed by atoms with Crippen molar-refractivity contribution in [2.75, 3.05) is 7.11 Å². The van der Waals surface area contributed by atoms with Gasteiger partial charge in [-0.25, -0.2) is 4.98 Å². The summed E-state index contributed by atoms with van der Waals surface area (Å²) in [5.74, 6) is 0.192. The topological polar surface area (TPSA) is 69.0 Å². The monoisotopic (exact) mass is 316 g/mol. The Morgan fingerprint density at radius 1 is 1.43 bits per heavy atom. The van der Waals surface area contributed by atoms with E-state index in [4.69, 9.17) is 4.74 Å². The molecule has 2 aromatic rings. The van der Waals surface area contributed by atoms with Gasteiger partial charge in [0.05, 0.1) is 17.4 Å². The molecule has 3 rings (SSSR count). The van der Waals surface area contributed by atoms with Gasteiger partial charge < -0.3 is 10.1 Å². The predicted octanol–water partition coefficient (Wildman–Crippen LogP) is 2.07. The van der Waals surface area contributed by atoms with Crippen LogP contribution in [0.4, 0.5) is 0 Å². The summed E-state index contributed by atoms with van der Waals surface area (Å²) in [6, 6.07) is 1.95. The summed E-state index contributed by atoms with van der Waals surface area (Å²) in [6.07, 6.45) is 1.78. The average molecular weight is 316 g/mol.